The van der Waals surface area contributed by atoms with Crippen LogP contribution in [0.4, 0.5) is 11.4 Å². The van der Waals surface area contributed by atoms with Crippen LogP contribution < -0.4 is 10.6 Å². The maximum absolute atomic E-state index is 5.94. The zero-order valence-electron chi connectivity index (χ0n) is 9.79. The van der Waals surface area contributed by atoms with Gasteiger partial charge in [-0.05, 0) is 31.5 Å². The summed E-state index contributed by atoms with van der Waals surface area (Å²) in [6.45, 7) is 6.40. The second-order valence-electron chi connectivity index (χ2n) is 3.68. The van der Waals surface area contributed by atoms with E-state index >= 15 is 0 Å². The number of hydrogen-bond donors (Lipinski definition) is 1. The third-order valence-electron chi connectivity index (χ3n) is 2.37. The van der Waals surface area contributed by atoms with Gasteiger partial charge in [0, 0.05) is 20.2 Å². The summed E-state index contributed by atoms with van der Waals surface area (Å²) in [6.07, 6.45) is 0. The van der Waals surface area contributed by atoms with E-state index in [1.54, 1.807) is 0 Å². The Kier molecular flexibility index (Phi) is 4.43. The quantitative estimate of drug-likeness (QED) is 0.594. The fourth-order valence-corrected chi connectivity index (χ4v) is 1.49. The molecule has 2 N–H and O–H groups in total. The predicted molar refractivity (Wildman–Crippen MR) is 65.4 cm³/mol. The molecule has 0 saturated carbocycles. The average molecular weight is 208 g/mol. The van der Waals surface area contributed by atoms with Gasteiger partial charge in [-0.2, -0.15) is 0 Å². The topological polar surface area (TPSA) is 38.5 Å². The molecule has 0 bridgehead atoms. The highest BCUT2D eigenvalue weighted by atomic mass is 16.5. The fraction of sp³-hybridized carbons (Fsp3) is 0.500. The van der Waals surface area contributed by atoms with Gasteiger partial charge < -0.3 is 15.4 Å². The highest BCUT2D eigenvalue weighted by Gasteiger charge is 2.04. The molecular formula is C12H20N2O. The lowest BCUT2D eigenvalue weighted by Crippen LogP contribution is -2.23. The Bertz CT molecular complexity index is 312. The molecule has 0 heterocycles. The van der Waals surface area contributed by atoms with E-state index in [0.29, 0.717) is 0 Å². The van der Waals surface area contributed by atoms with Crippen molar-refractivity contribution in [1.82, 2.24) is 0 Å². The predicted octanol–water partition coefficient (Wildman–Crippen LogP) is 2.05. The lowest BCUT2D eigenvalue weighted by atomic mass is 10.2. The molecular weight excluding hydrogens is 188 g/mol. The summed E-state index contributed by atoms with van der Waals surface area (Å²) in [7, 11) is 2.03. The lowest BCUT2D eigenvalue weighted by Gasteiger charge is -2.21. The van der Waals surface area contributed by atoms with Gasteiger partial charge >= 0.3 is 0 Å². The van der Waals surface area contributed by atoms with Crippen LogP contribution in [0.1, 0.15) is 12.5 Å². The normalized spacial score (nSPS) is 10.3. The van der Waals surface area contributed by atoms with Gasteiger partial charge in [-0.3, -0.25) is 0 Å². The molecule has 0 aromatic heterocycles. The van der Waals surface area contributed by atoms with Crippen molar-refractivity contribution in [3.63, 3.8) is 0 Å². The number of rotatable bonds is 5. The van der Waals surface area contributed by atoms with E-state index in [-0.39, 0.29) is 0 Å². The van der Waals surface area contributed by atoms with Crippen LogP contribution in [0.5, 0.6) is 0 Å². The maximum atomic E-state index is 5.94. The molecule has 0 radical (unpaired) electrons. The van der Waals surface area contributed by atoms with Crippen LogP contribution in [0.25, 0.3) is 0 Å². The summed E-state index contributed by atoms with van der Waals surface area (Å²) in [4.78, 5) is 2.12. The number of benzene rings is 1. The van der Waals surface area contributed by atoms with Gasteiger partial charge in [-0.25, -0.2) is 0 Å². The first-order valence-electron chi connectivity index (χ1n) is 5.30. The number of nitrogens with zero attached hydrogens (tertiary/aromatic N) is 1. The fourth-order valence-electron chi connectivity index (χ4n) is 1.49. The molecule has 3 nitrogen and oxygen atoms in total. The molecule has 1 rings (SSSR count). The molecule has 0 aliphatic carbocycles. The number of nitrogen functional groups attached to an aromatic ring is 1. The number of aryl methyl sites for hydroxylation is 1. The Labute approximate surface area is 91.8 Å². The first-order chi connectivity index (χ1) is 7.15. The first kappa shape index (κ1) is 11.9. The van der Waals surface area contributed by atoms with Gasteiger partial charge in [-0.1, -0.05) is 6.07 Å². The number of likely N-dealkylation sites (N-methyl/N-ethyl adjacent to an activating group) is 1. The summed E-state index contributed by atoms with van der Waals surface area (Å²) in [5.74, 6) is 0. The Balaban J connectivity index is 2.61. The average Bonchev–Trinajstić information content (AvgIpc) is 2.17. The molecule has 0 aliphatic rings. The monoisotopic (exact) mass is 208 g/mol. The van der Waals surface area contributed by atoms with Crippen LogP contribution in [0, 0.1) is 6.92 Å². The largest absolute Gasteiger partial charge is 0.397 e. The summed E-state index contributed by atoms with van der Waals surface area (Å²) in [6, 6.07) is 6.12. The molecule has 0 atom stereocenters. The van der Waals surface area contributed by atoms with Gasteiger partial charge in [-0.15, -0.1) is 0 Å². The van der Waals surface area contributed by atoms with E-state index in [2.05, 4.69) is 17.0 Å². The maximum Gasteiger partial charge on any atom is 0.0641 e. The molecule has 0 aliphatic heterocycles. The smallest absolute Gasteiger partial charge is 0.0641 e. The summed E-state index contributed by atoms with van der Waals surface area (Å²) >= 11 is 0. The van der Waals surface area contributed by atoms with Crippen molar-refractivity contribution in [2.45, 2.75) is 13.8 Å². The highest BCUT2D eigenvalue weighted by molar-refractivity contribution is 5.68. The van der Waals surface area contributed by atoms with Gasteiger partial charge in [0.2, 0.25) is 0 Å². The zero-order valence-corrected chi connectivity index (χ0v) is 9.79. The van der Waals surface area contributed by atoms with Gasteiger partial charge in [0.25, 0.3) is 0 Å². The molecule has 0 unspecified atom stereocenters. The van der Waals surface area contributed by atoms with Crippen molar-refractivity contribution in [1.29, 1.82) is 0 Å². The molecule has 84 valence electrons. The van der Waals surface area contributed by atoms with Crippen LogP contribution >= 0.6 is 0 Å². The minimum Gasteiger partial charge on any atom is -0.397 e. The first-order valence-corrected chi connectivity index (χ1v) is 5.30. The molecule has 0 amide bonds. The van der Waals surface area contributed by atoms with E-state index in [9.17, 15) is 0 Å². The molecule has 0 spiro atoms. The Hall–Kier alpha value is -1.22. The van der Waals surface area contributed by atoms with Gasteiger partial charge in [0.1, 0.15) is 0 Å². The minimum absolute atomic E-state index is 0.736. The van der Waals surface area contributed by atoms with E-state index in [1.165, 1.54) is 5.56 Å². The van der Waals surface area contributed by atoms with Crippen molar-refractivity contribution in [3.8, 4) is 0 Å². The lowest BCUT2D eigenvalue weighted by molar-refractivity contribution is 0.154. The zero-order chi connectivity index (χ0) is 11.3. The Morgan fingerprint density at radius 2 is 2.13 bits per heavy atom. The van der Waals surface area contributed by atoms with E-state index in [4.69, 9.17) is 10.5 Å². The second-order valence-corrected chi connectivity index (χ2v) is 3.68. The minimum atomic E-state index is 0.736. The summed E-state index contributed by atoms with van der Waals surface area (Å²) in [5.41, 5.74) is 9.03. The van der Waals surface area contributed by atoms with E-state index in [1.807, 2.05) is 27.0 Å². The van der Waals surface area contributed by atoms with Crippen molar-refractivity contribution in [3.05, 3.63) is 23.8 Å². The highest BCUT2D eigenvalue weighted by Crippen LogP contribution is 2.22. The van der Waals surface area contributed by atoms with Crippen LogP contribution in [0.2, 0.25) is 0 Å². The van der Waals surface area contributed by atoms with Crippen LogP contribution in [0.3, 0.4) is 0 Å². The Morgan fingerprint density at radius 3 is 2.73 bits per heavy atom. The molecule has 1 aromatic carbocycles. The third-order valence-corrected chi connectivity index (χ3v) is 2.37. The number of anilines is 2. The molecule has 15 heavy (non-hydrogen) atoms. The standard InChI is InChI=1S/C12H20N2O/c1-4-15-8-7-14(3)12-6-5-10(2)9-11(12)13/h5-6,9H,4,7-8,13H2,1-3H3. The van der Waals surface area contributed by atoms with E-state index in [0.717, 1.165) is 31.1 Å². The van der Waals surface area contributed by atoms with Gasteiger partial charge in [0.05, 0.1) is 18.0 Å². The third kappa shape index (κ3) is 3.44. The molecule has 1 aromatic rings. The van der Waals surface area contributed by atoms with Crippen molar-refractivity contribution in [2.24, 2.45) is 0 Å². The second kappa shape index (κ2) is 5.61. The number of nitrogens with two attached hydrogens (primary N) is 1. The molecule has 3 heteroatoms. The molecule has 0 saturated heterocycles. The van der Waals surface area contributed by atoms with E-state index < -0.39 is 0 Å². The van der Waals surface area contributed by atoms with Crippen LogP contribution in [-0.4, -0.2) is 26.8 Å². The summed E-state index contributed by atoms with van der Waals surface area (Å²) in [5, 5.41) is 0. The van der Waals surface area contributed by atoms with Crippen LogP contribution in [-0.2, 0) is 4.74 Å². The SMILES string of the molecule is CCOCCN(C)c1ccc(C)cc1N. The van der Waals surface area contributed by atoms with Crippen molar-refractivity contribution in [2.75, 3.05) is 37.4 Å². The Morgan fingerprint density at radius 1 is 1.40 bits per heavy atom. The van der Waals surface area contributed by atoms with Gasteiger partial charge in [0.15, 0.2) is 0 Å². The number of ether oxygens (including phenoxy) is 1. The molecule has 0 fully saturated rings. The number of hydrogen-bond acceptors (Lipinski definition) is 3. The summed E-state index contributed by atoms with van der Waals surface area (Å²) < 4.78 is 5.31. The van der Waals surface area contributed by atoms with Crippen molar-refractivity contribution >= 4 is 11.4 Å². The van der Waals surface area contributed by atoms with Crippen LogP contribution in [0.15, 0.2) is 18.2 Å². The van der Waals surface area contributed by atoms with Crippen molar-refractivity contribution < 1.29 is 4.74 Å².